The van der Waals surface area contributed by atoms with Crippen LogP contribution in [0.3, 0.4) is 0 Å². The molecule has 78 valence electrons. The second kappa shape index (κ2) is 4.99. The number of alkyl halides is 1. The van der Waals surface area contributed by atoms with Crippen molar-refractivity contribution in [3.05, 3.63) is 11.6 Å². The van der Waals surface area contributed by atoms with E-state index >= 15 is 0 Å². The molecule has 2 rings (SSSR count). The minimum Gasteiger partial charge on any atom is -0.345 e. The lowest BCUT2D eigenvalue weighted by molar-refractivity contribution is 0.386. The molecule has 1 aliphatic carbocycles. The number of anilines is 1. The van der Waals surface area contributed by atoms with Gasteiger partial charge in [-0.3, -0.25) is 0 Å². The molecule has 0 atom stereocenters. The molecule has 1 aromatic rings. The Morgan fingerprint density at radius 3 is 2.93 bits per heavy atom. The second-order valence-electron chi connectivity index (χ2n) is 3.64. The maximum absolute atomic E-state index is 5.73. The van der Waals surface area contributed by atoms with Gasteiger partial charge in [0, 0.05) is 30.0 Å². The van der Waals surface area contributed by atoms with Crippen LogP contribution in [-0.2, 0) is 0 Å². The quantitative estimate of drug-likeness (QED) is 0.723. The highest BCUT2D eigenvalue weighted by Gasteiger charge is 2.25. The van der Waals surface area contributed by atoms with Crippen molar-refractivity contribution in [3.63, 3.8) is 0 Å². The van der Waals surface area contributed by atoms with Crippen molar-refractivity contribution < 1.29 is 0 Å². The van der Waals surface area contributed by atoms with Crippen LogP contribution < -0.4 is 4.90 Å². The summed E-state index contributed by atoms with van der Waals surface area (Å²) in [4.78, 5) is 6.80. The summed E-state index contributed by atoms with van der Waals surface area (Å²) in [6.07, 6.45) is 6.95. The maximum atomic E-state index is 5.73. The fourth-order valence-corrected chi connectivity index (χ4v) is 2.58. The van der Waals surface area contributed by atoms with E-state index in [1.165, 1.54) is 24.4 Å². The molecule has 14 heavy (non-hydrogen) atoms. The van der Waals surface area contributed by atoms with Crippen LogP contribution in [-0.4, -0.2) is 23.5 Å². The maximum Gasteiger partial charge on any atom is 0.185 e. The van der Waals surface area contributed by atoms with E-state index in [2.05, 4.69) is 9.88 Å². The Morgan fingerprint density at radius 2 is 2.43 bits per heavy atom. The Kier molecular flexibility index (Phi) is 3.65. The molecule has 0 radical (unpaired) electrons. The molecule has 1 aliphatic rings. The van der Waals surface area contributed by atoms with Gasteiger partial charge in [-0.05, 0) is 25.7 Å². The van der Waals surface area contributed by atoms with Gasteiger partial charge in [0.1, 0.15) is 0 Å². The summed E-state index contributed by atoms with van der Waals surface area (Å²) < 4.78 is 0. The largest absolute Gasteiger partial charge is 0.345 e. The standard InChI is InChI=1S/C10H15ClN2S/c11-5-2-7-13(9-3-1-4-9)10-12-6-8-14-10/h6,8-9H,1-5,7H2. The first-order valence-corrected chi connectivity index (χ1v) is 6.55. The van der Waals surface area contributed by atoms with E-state index in [1.807, 2.05) is 11.6 Å². The predicted molar refractivity (Wildman–Crippen MR) is 62.4 cm³/mol. The predicted octanol–water partition coefficient (Wildman–Crippen LogP) is 3.13. The van der Waals surface area contributed by atoms with Crippen molar-refractivity contribution in [3.8, 4) is 0 Å². The van der Waals surface area contributed by atoms with Crippen LogP contribution >= 0.6 is 22.9 Å². The molecule has 4 heteroatoms. The van der Waals surface area contributed by atoms with Gasteiger partial charge in [-0.15, -0.1) is 22.9 Å². The summed E-state index contributed by atoms with van der Waals surface area (Å²) in [7, 11) is 0. The van der Waals surface area contributed by atoms with Gasteiger partial charge in [-0.25, -0.2) is 4.98 Å². The Hall–Kier alpha value is -0.280. The van der Waals surface area contributed by atoms with E-state index in [0.717, 1.165) is 24.9 Å². The van der Waals surface area contributed by atoms with Crippen molar-refractivity contribution in [2.75, 3.05) is 17.3 Å². The van der Waals surface area contributed by atoms with Crippen LogP contribution in [0.1, 0.15) is 25.7 Å². The second-order valence-corrected chi connectivity index (χ2v) is 4.89. The van der Waals surface area contributed by atoms with Crippen LogP contribution in [0.25, 0.3) is 0 Å². The lowest BCUT2D eigenvalue weighted by Gasteiger charge is -2.37. The van der Waals surface area contributed by atoms with Crippen molar-refractivity contribution in [1.29, 1.82) is 0 Å². The van der Waals surface area contributed by atoms with Crippen LogP contribution in [0.2, 0.25) is 0 Å². The molecule has 1 saturated carbocycles. The monoisotopic (exact) mass is 230 g/mol. The van der Waals surface area contributed by atoms with E-state index in [9.17, 15) is 0 Å². The normalized spacial score (nSPS) is 16.6. The minimum absolute atomic E-state index is 0.726. The van der Waals surface area contributed by atoms with E-state index in [-0.39, 0.29) is 0 Å². The molecule has 2 nitrogen and oxygen atoms in total. The third-order valence-corrected chi connectivity index (χ3v) is 3.79. The first-order valence-electron chi connectivity index (χ1n) is 5.14. The summed E-state index contributed by atoms with van der Waals surface area (Å²) in [5.41, 5.74) is 0. The van der Waals surface area contributed by atoms with Gasteiger partial charge in [-0.1, -0.05) is 0 Å². The van der Waals surface area contributed by atoms with Crippen molar-refractivity contribution >= 4 is 28.1 Å². The molecule has 1 aromatic heterocycles. The number of rotatable bonds is 5. The number of aromatic nitrogens is 1. The van der Waals surface area contributed by atoms with Gasteiger partial charge in [0.05, 0.1) is 0 Å². The van der Waals surface area contributed by atoms with Gasteiger partial charge in [-0.2, -0.15) is 0 Å². The van der Waals surface area contributed by atoms with Crippen molar-refractivity contribution in [1.82, 2.24) is 4.98 Å². The van der Waals surface area contributed by atoms with Crippen LogP contribution in [0.15, 0.2) is 11.6 Å². The molecular formula is C10H15ClN2S. The third-order valence-electron chi connectivity index (χ3n) is 2.71. The molecule has 0 unspecified atom stereocenters. The number of nitrogens with zero attached hydrogens (tertiary/aromatic N) is 2. The Balaban J connectivity index is 1.98. The minimum atomic E-state index is 0.726. The van der Waals surface area contributed by atoms with Gasteiger partial charge >= 0.3 is 0 Å². The zero-order valence-corrected chi connectivity index (χ0v) is 9.73. The van der Waals surface area contributed by atoms with E-state index in [4.69, 9.17) is 11.6 Å². The average Bonchev–Trinajstić information content (AvgIpc) is 2.61. The van der Waals surface area contributed by atoms with E-state index < -0.39 is 0 Å². The Morgan fingerprint density at radius 1 is 1.57 bits per heavy atom. The third kappa shape index (κ3) is 2.20. The van der Waals surface area contributed by atoms with E-state index in [0.29, 0.717) is 0 Å². The molecule has 1 fully saturated rings. The molecule has 0 N–H and O–H groups in total. The van der Waals surface area contributed by atoms with Crippen LogP contribution in [0.5, 0.6) is 0 Å². The summed E-state index contributed by atoms with van der Waals surface area (Å²) in [5, 5.41) is 3.21. The summed E-state index contributed by atoms with van der Waals surface area (Å²) in [5.74, 6) is 0.745. The SMILES string of the molecule is ClCCCN(c1nccs1)C1CCC1. The van der Waals surface area contributed by atoms with Gasteiger partial charge in [0.25, 0.3) is 0 Å². The van der Waals surface area contributed by atoms with E-state index in [1.54, 1.807) is 11.3 Å². The Labute approximate surface area is 93.9 Å². The number of hydrogen-bond donors (Lipinski definition) is 0. The Bertz CT molecular complexity index is 259. The summed E-state index contributed by atoms with van der Waals surface area (Å²) in [6, 6.07) is 0.726. The van der Waals surface area contributed by atoms with Crippen molar-refractivity contribution in [2.45, 2.75) is 31.7 Å². The topological polar surface area (TPSA) is 16.1 Å². The lowest BCUT2D eigenvalue weighted by atomic mass is 9.92. The number of halogens is 1. The molecule has 0 amide bonds. The van der Waals surface area contributed by atoms with Crippen molar-refractivity contribution in [2.24, 2.45) is 0 Å². The molecule has 0 bridgehead atoms. The first kappa shape index (κ1) is 10.2. The number of thiazole rings is 1. The first-order chi connectivity index (χ1) is 6.92. The highest BCUT2D eigenvalue weighted by atomic mass is 35.5. The number of hydrogen-bond acceptors (Lipinski definition) is 3. The van der Waals surface area contributed by atoms with Gasteiger partial charge < -0.3 is 4.90 Å². The fourth-order valence-electron chi connectivity index (χ4n) is 1.72. The molecule has 0 saturated heterocycles. The van der Waals surface area contributed by atoms with Gasteiger partial charge in [0.2, 0.25) is 0 Å². The van der Waals surface area contributed by atoms with Gasteiger partial charge in [0.15, 0.2) is 5.13 Å². The molecule has 0 spiro atoms. The molecule has 1 heterocycles. The molecule has 0 aliphatic heterocycles. The lowest BCUT2D eigenvalue weighted by Crippen LogP contribution is -2.41. The smallest absolute Gasteiger partial charge is 0.185 e. The van der Waals surface area contributed by atoms with Crippen LogP contribution in [0.4, 0.5) is 5.13 Å². The summed E-state index contributed by atoms with van der Waals surface area (Å²) in [6.45, 7) is 1.06. The highest BCUT2D eigenvalue weighted by molar-refractivity contribution is 7.13. The molecule has 0 aromatic carbocycles. The van der Waals surface area contributed by atoms with Crippen LogP contribution in [0, 0.1) is 0 Å². The molecular weight excluding hydrogens is 216 g/mol. The fraction of sp³-hybridized carbons (Fsp3) is 0.700. The average molecular weight is 231 g/mol. The zero-order valence-electron chi connectivity index (χ0n) is 8.16. The highest BCUT2D eigenvalue weighted by Crippen LogP contribution is 2.30. The summed E-state index contributed by atoms with van der Waals surface area (Å²) >= 11 is 7.46. The zero-order chi connectivity index (χ0) is 9.80.